The number of rotatable bonds is 9. The van der Waals surface area contributed by atoms with Gasteiger partial charge in [-0.25, -0.2) is 4.98 Å². The van der Waals surface area contributed by atoms with E-state index < -0.39 is 21.1 Å². The Hall–Kier alpha value is -2.54. The number of carbonyl (C=O) groups excluding carboxylic acids is 3. The second-order valence-electron chi connectivity index (χ2n) is 20.7. The van der Waals surface area contributed by atoms with Crippen LogP contribution in [0.1, 0.15) is 140 Å². The quantitative estimate of drug-likeness (QED) is 0.159. The lowest BCUT2D eigenvalue weighted by atomic mass is 9.49. The summed E-state index contributed by atoms with van der Waals surface area (Å²) < 4.78 is 37.9. The standard InChI is InChI=1S/C16H22BNO3.C12H24B2O4.C10H10BrNO.C5H5BrN2.C4H5ClO.CH4/c1-15(2)16(3,4)21-17(20-15)12-7-8-18-13(9-12)10-14(19)11-5-6-11;1-9(2)10(3,4)16-13(15-9)14-17-11(5,6)12(7,8)18-14;11-8-3-4-12-9(5-8)6-10(13)7-1-2-7;6-4-1-2-8-5(7)3-4;5-4(6)3-1-2-3;/h7-9,11H,5-6,10H2,1-4H3;1-8H3;3-5,7H,1-2,6H2;1-3H,(H2,7,8);3H,1-2H2;1H4. The van der Waals surface area contributed by atoms with Gasteiger partial charge in [0.2, 0.25) is 5.24 Å². The van der Waals surface area contributed by atoms with Crippen molar-refractivity contribution < 1.29 is 42.3 Å². The molecule has 0 unspecified atom stereocenters. The molecule has 67 heavy (non-hydrogen) atoms. The second-order valence-corrected chi connectivity index (χ2v) is 22.9. The van der Waals surface area contributed by atoms with E-state index in [1.807, 2.05) is 113 Å². The highest BCUT2D eigenvalue weighted by Gasteiger charge is 2.63. The zero-order valence-electron chi connectivity index (χ0n) is 40.5. The Morgan fingerprint density at radius 2 is 0.910 bits per heavy atom. The predicted octanol–water partition coefficient (Wildman–Crippen LogP) is 9.74. The smallest absolute Gasteiger partial charge is 0.405 e. The van der Waals surface area contributed by atoms with Gasteiger partial charge in [-0.1, -0.05) is 39.3 Å². The fraction of sp³-hybridized carbons (Fsp3) is 0.625. The van der Waals surface area contributed by atoms with Gasteiger partial charge in [0, 0.05) is 69.5 Å². The van der Waals surface area contributed by atoms with E-state index in [4.69, 9.17) is 45.3 Å². The molecule has 0 amide bonds. The molecule has 0 bridgehead atoms. The summed E-state index contributed by atoms with van der Waals surface area (Å²) in [5, 5.41) is -0.157. The van der Waals surface area contributed by atoms with Gasteiger partial charge in [0.25, 0.3) is 0 Å². The van der Waals surface area contributed by atoms with Crippen molar-refractivity contribution in [1.29, 1.82) is 0 Å². The van der Waals surface area contributed by atoms with Crippen molar-refractivity contribution in [3.05, 3.63) is 75.3 Å². The summed E-state index contributed by atoms with van der Waals surface area (Å²) in [6.45, 7) is 24.3. The number of ketones is 2. The van der Waals surface area contributed by atoms with Gasteiger partial charge in [0.1, 0.15) is 17.4 Å². The summed E-state index contributed by atoms with van der Waals surface area (Å²) in [5.74, 6) is 2.01. The number of carbonyl (C=O) groups is 3. The van der Waals surface area contributed by atoms with Gasteiger partial charge >= 0.3 is 21.1 Å². The second kappa shape index (κ2) is 22.7. The van der Waals surface area contributed by atoms with Crippen LogP contribution in [0.4, 0.5) is 5.82 Å². The number of nitrogens with zero attached hydrogens (tertiary/aromatic N) is 3. The highest BCUT2D eigenvalue weighted by Crippen LogP contribution is 2.43. The predicted molar refractivity (Wildman–Crippen MR) is 274 cm³/mol. The van der Waals surface area contributed by atoms with Crippen LogP contribution in [-0.2, 0) is 55.2 Å². The molecule has 3 aromatic heterocycles. The minimum absolute atomic E-state index is 0. The highest BCUT2D eigenvalue weighted by atomic mass is 79.9. The van der Waals surface area contributed by atoms with Crippen LogP contribution in [0.3, 0.4) is 0 Å². The van der Waals surface area contributed by atoms with Crippen LogP contribution in [0, 0.1) is 17.8 Å². The summed E-state index contributed by atoms with van der Waals surface area (Å²) in [6, 6.07) is 11.2. The Morgan fingerprint density at radius 3 is 1.22 bits per heavy atom. The van der Waals surface area contributed by atoms with E-state index in [-0.39, 0.29) is 58.1 Å². The first-order chi connectivity index (χ1) is 30.5. The Morgan fingerprint density at radius 1 is 0.567 bits per heavy atom. The number of nitrogens with two attached hydrogens (primary N) is 1. The first-order valence-corrected chi connectivity index (χ1v) is 24.7. The number of aromatic nitrogens is 3. The highest BCUT2D eigenvalue weighted by molar-refractivity contribution is 9.10. The van der Waals surface area contributed by atoms with E-state index >= 15 is 0 Å². The summed E-state index contributed by atoms with van der Waals surface area (Å²) in [4.78, 5) is 45.5. The molecule has 3 aliphatic carbocycles. The number of hydrogen-bond acceptors (Lipinski definition) is 13. The molecule has 3 saturated heterocycles. The van der Waals surface area contributed by atoms with Gasteiger partial charge in [-0.05, 0) is 175 Å². The molecule has 6 aliphatic rings. The van der Waals surface area contributed by atoms with Crippen LogP contribution in [0.25, 0.3) is 0 Å². The Labute approximate surface area is 421 Å². The first kappa shape index (κ1) is 57.0. The van der Waals surface area contributed by atoms with E-state index in [0.29, 0.717) is 36.1 Å². The number of Topliss-reactive ketones (excluding diaryl/α,β-unsaturated/α-hetero) is 2. The average Bonchev–Trinajstić information content (AvgIpc) is 4.06. The Balaban J connectivity index is 0.000000193. The third kappa shape index (κ3) is 16.3. The van der Waals surface area contributed by atoms with Gasteiger partial charge in [0.05, 0.1) is 33.6 Å². The molecule has 0 spiro atoms. The molecule has 13 nitrogen and oxygen atoms in total. The molecule has 6 fully saturated rings. The monoisotopic (exact) mass is 1070 g/mol. The van der Waals surface area contributed by atoms with Gasteiger partial charge in [0.15, 0.2) is 0 Å². The number of nitrogen functional groups attached to an aromatic ring is 1. The molecule has 0 atom stereocenters. The largest absolute Gasteiger partial charge is 0.494 e. The summed E-state index contributed by atoms with van der Waals surface area (Å²) in [5.41, 5.74) is 5.77. The first-order valence-electron chi connectivity index (χ1n) is 22.8. The van der Waals surface area contributed by atoms with Crippen molar-refractivity contribution in [2.45, 2.75) is 175 Å². The maximum atomic E-state index is 11.9. The lowest BCUT2D eigenvalue weighted by molar-refractivity contribution is -0.120. The van der Waals surface area contributed by atoms with Crippen LogP contribution in [-0.4, -0.2) is 86.5 Å². The minimum atomic E-state index is -0.476. The van der Waals surface area contributed by atoms with Crippen LogP contribution in [0.2, 0.25) is 0 Å². The molecular weight excluding hydrogens is 1000 g/mol. The van der Waals surface area contributed by atoms with Crippen molar-refractivity contribution in [3.63, 3.8) is 0 Å². The fourth-order valence-electron chi connectivity index (χ4n) is 6.45. The number of anilines is 1. The van der Waals surface area contributed by atoms with Crippen molar-refractivity contribution in [2.75, 3.05) is 5.73 Å². The van der Waals surface area contributed by atoms with Crippen LogP contribution < -0.4 is 11.2 Å². The lowest BCUT2D eigenvalue weighted by Gasteiger charge is -2.32. The number of halogens is 3. The van der Waals surface area contributed by atoms with Crippen molar-refractivity contribution in [2.24, 2.45) is 17.8 Å². The third-order valence-corrected chi connectivity index (χ3v) is 14.6. The Bertz CT molecular complexity index is 2090. The molecule has 366 valence electrons. The van der Waals surface area contributed by atoms with E-state index in [9.17, 15) is 14.4 Å². The third-order valence-electron chi connectivity index (χ3n) is 13.3. The molecule has 3 aliphatic heterocycles. The van der Waals surface area contributed by atoms with E-state index in [2.05, 4.69) is 46.8 Å². The van der Waals surface area contributed by atoms with Crippen molar-refractivity contribution in [3.8, 4) is 0 Å². The van der Waals surface area contributed by atoms with Crippen LogP contribution in [0.5, 0.6) is 0 Å². The summed E-state index contributed by atoms with van der Waals surface area (Å²) in [7, 11) is -1.35. The lowest BCUT2D eigenvalue weighted by Crippen LogP contribution is -2.41. The topological polar surface area (TPSA) is 171 Å². The SMILES string of the molecule is C.CC1(C)OB(B2OC(C)(C)C(C)(C)O2)OC1(C)C.CC1(C)OB(c2ccnc(CC(=O)C3CC3)c2)OC1(C)C.Nc1cc(Br)ccn1.O=C(Cc1cc(Br)ccn1)C1CC1.O=C(Cl)C1CC1. The molecule has 6 heterocycles. The molecule has 19 heteroatoms. The molecule has 2 N–H and O–H groups in total. The molecule has 3 aromatic rings. The van der Waals surface area contributed by atoms with Gasteiger partial charge in [-0.3, -0.25) is 24.4 Å². The maximum absolute atomic E-state index is 11.9. The van der Waals surface area contributed by atoms with Gasteiger partial charge in [-0.15, -0.1) is 0 Å². The van der Waals surface area contributed by atoms with Crippen LogP contribution >= 0.6 is 43.5 Å². The fourth-order valence-corrected chi connectivity index (χ4v) is 7.41. The minimum Gasteiger partial charge on any atom is -0.405 e. The summed E-state index contributed by atoms with van der Waals surface area (Å²) >= 11 is 11.6. The molecular formula is C48H70B3Br2ClN4O9. The van der Waals surface area contributed by atoms with E-state index in [1.165, 1.54) is 0 Å². The van der Waals surface area contributed by atoms with Crippen LogP contribution in [0.15, 0.2) is 63.9 Å². The zero-order valence-corrected chi connectivity index (χ0v) is 44.5. The van der Waals surface area contributed by atoms with Gasteiger partial charge < -0.3 is 33.7 Å². The zero-order chi connectivity index (χ0) is 49.0. The normalized spacial score (nSPS) is 21.9. The average molecular weight is 1070 g/mol. The van der Waals surface area contributed by atoms with Gasteiger partial charge in [-0.2, -0.15) is 0 Å². The number of hydrogen-bond donors (Lipinski definition) is 1. The van der Waals surface area contributed by atoms with Crippen molar-refractivity contribution >= 4 is 92.7 Å². The van der Waals surface area contributed by atoms with E-state index in [1.54, 1.807) is 24.7 Å². The molecule has 3 saturated carbocycles. The van der Waals surface area contributed by atoms with E-state index in [0.717, 1.165) is 64.3 Å². The molecule has 9 rings (SSSR count). The summed E-state index contributed by atoms with van der Waals surface area (Å²) in [6.07, 6.45) is 12.3. The maximum Gasteiger partial charge on any atom is 0.494 e. The molecule has 0 aromatic carbocycles. The Kier molecular flexibility index (Phi) is 19.3. The number of pyridine rings is 3. The molecule has 0 radical (unpaired) electrons. The van der Waals surface area contributed by atoms with Crippen molar-refractivity contribution in [1.82, 2.24) is 15.0 Å².